The van der Waals surface area contributed by atoms with Gasteiger partial charge in [-0.1, -0.05) is 0 Å². The Morgan fingerprint density at radius 1 is 1.00 bits per heavy atom. The monoisotopic (exact) mass is 384 g/mol. The van der Waals surface area contributed by atoms with E-state index in [-0.39, 0.29) is 18.1 Å². The third-order valence-corrected chi connectivity index (χ3v) is 5.00. The molecule has 1 aromatic heterocycles. The molecule has 0 spiro atoms. The number of rotatable bonds is 4. The van der Waals surface area contributed by atoms with Crippen molar-refractivity contribution in [2.45, 2.75) is 52.9 Å². The zero-order valence-corrected chi connectivity index (χ0v) is 17.1. The molecule has 150 valence electrons. The number of carbonyl (C=O) groups is 2. The molecule has 6 heteroatoms. The summed E-state index contributed by atoms with van der Waals surface area (Å²) in [6.45, 7) is 10.6. The molecule has 1 amide bonds. The Labute approximate surface area is 166 Å². The minimum atomic E-state index is -0.835. The van der Waals surface area contributed by atoms with E-state index in [9.17, 15) is 9.59 Å². The fourth-order valence-electron chi connectivity index (χ4n) is 3.72. The van der Waals surface area contributed by atoms with Crippen molar-refractivity contribution in [2.24, 2.45) is 0 Å². The van der Waals surface area contributed by atoms with Crippen LogP contribution in [0.3, 0.4) is 0 Å². The summed E-state index contributed by atoms with van der Waals surface area (Å²) in [4.78, 5) is 26.8. The first kappa shape index (κ1) is 20.1. The SMILES string of the molecule is Cc1ccc(C)n1-c1ccc(C(=O)O[C@H](C)C(=O)N2C[C@@H](C)O[C@@H](C)C2)cc1. The van der Waals surface area contributed by atoms with Gasteiger partial charge in [0.1, 0.15) is 0 Å². The van der Waals surface area contributed by atoms with Crippen molar-refractivity contribution in [3.63, 3.8) is 0 Å². The Morgan fingerprint density at radius 3 is 2.07 bits per heavy atom. The number of morpholine rings is 1. The molecule has 1 aliphatic heterocycles. The lowest BCUT2D eigenvalue weighted by atomic mass is 10.2. The molecule has 3 atom stereocenters. The molecule has 0 radical (unpaired) electrons. The number of aromatic nitrogens is 1. The van der Waals surface area contributed by atoms with Crippen molar-refractivity contribution in [1.29, 1.82) is 0 Å². The van der Waals surface area contributed by atoms with E-state index >= 15 is 0 Å². The number of esters is 1. The highest BCUT2D eigenvalue weighted by Crippen LogP contribution is 2.18. The number of hydrogen-bond acceptors (Lipinski definition) is 4. The van der Waals surface area contributed by atoms with Crippen LogP contribution in [0.5, 0.6) is 0 Å². The maximum Gasteiger partial charge on any atom is 0.338 e. The van der Waals surface area contributed by atoms with Crippen molar-refractivity contribution in [3.05, 3.63) is 53.3 Å². The summed E-state index contributed by atoms with van der Waals surface area (Å²) in [7, 11) is 0. The Bertz CT molecular complexity index is 826. The molecule has 6 nitrogen and oxygen atoms in total. The normalized spacial score (nSPS) is 20.7. The molecule has 2 aromatic rings. The predicted octanol–water partition coefficient (Wildman–Crippen LogP) is 3.28. The summed E-state index contributed by atoms with van der Waals surface area (Å²) in [6, 6.07) is 11.3. The number of benzene rings is 1. The fourth-order valence-corrected chi connectivity index (χ4v) is 3.72. The minimum Gasteiger partial charge on any atom is -0.449 e. The summed E-state index contributed by atoms with van der Waals surface area (Å²) >= 11 is 0. The van der Waals surface area contributed by atoms with Gasteiger partial charge in [-0.05, 0) is 71.0 Å². The summed E-state index contributed by atoms with van der Waals surface area (Å²) in [5, 5.41) is 0. The van der Waals surface area contributed by atoms with Crippen molar-refractivity contribution in [1.82, 2.24) is 9.47 Å². The van der Waals surface area contributed by atoms with Gasteiger partial charge in [-0.15, -0.1) is 0 Å². The highest BCUT2D eigenvalue weighted by Gasteiger charge is 2.30. The summed E-state index contributed by atoms with van der Waals surface area (Å²) < 4.78 is 13.2. The van der Waals surface area contributed by atoms with E-state index in [1.807, 2.05) is 39.8 Å². The second-order valence-corrected chi connectivity index (χ2v) is 7.55. The first-order chi connectivity index (χ1) is 13.3. The quantitative estimate of drug-likeness (QED) is 0.759. The van der Waals surface area contributed by atoms with Crippen molar-refractivity contribution in [3.8, 4) is 5.69 Å². The molecule has 0 saturated carbocycles. The maximum absolute atomic E-state index is 12.6. The van der Waals surface area contributed by atoms with Gasteiger partial charge in [-0.25, -0.2) is 4.79 Å². The van der Waals surface area contributed by atoms with Gasteiger partial charge in [-0.2, -0.15) is 0 Å². The van der Waals surface area contributed by atoms with Gasteiger partial charge in [0.15, 0.2) is 6.10 Å². The van der Waals surface area contributed by atoms with E-state index in [1.165, 1.54) is 0 Å². The van der Waals surface area contributed by atoms with Crippen LogP contribution in [0.25, 0.3) is 5.69 Å². The first-order valence-electron chi connectivity index (χ1n) is 9.67. The van der Waals surface area contributed by atoms with E-state index in [1.54, 1.807) is 24.0 Å². The molecular weight excluding hydrogens is 356 g/mol. The molecule has 2 heterocycles. The van der Waals surface area contributed by atoms with Gasteiger partial charge < -0.3 is 18.9 Å². The molecule has 0 unspecified atom stereocenters. The fraction of sp³-hybridized carbons (Fsp3) is 0.455. The Balaban J connectivity index is 1.65. The van der Waals surface area contributed by atoms with Crippen molar-refractivity contribution >= 4 is 11.9 Å². The molecular formula is C22H28N2O4. The van der Waals surface area contributed by atoms with Crippen LogP contribution in [0.15, 0.2) is 36.4 Å². The highest BCUT2D eigenvalue weighted by molar-refractivity contribution is 5.92. The zero-order valence-electron chi connectivity index (χ0n) is 17.1. The predicted molar refractivity (Wildman–Crippen MR) is 107 cm³/mol. The molecule has 1 fully saturated rings. The second-order valence-electron chi connectivity index (χ2n) is 7.55. The maximum atomic E-state index is 12.6. The number of nitrogens with zero attached hydrogens (tertiary/aromatic N) is 2. The van der Waals surface area contributed by atoms with E-state index in [4.69, 9.17) is 9.47 Å². The summed E-state index contributed by atoms with van der Waals surface area (Å²) in [5.41, 5.74) is 3.66. The van der Waals surface area contributed by atoms with E-state index < -0.39 is 12.1 Å². The zero-order chi connectivity index (χ0) is 20.4. The molecule has 0 aliphatic carbocycles. The molecule has 1 aromatic carbocycles. The van der Waals surface area contributed by atoms with Gasteiger partial charge in [-0.3, -0.25) is 4.79 Å². The standard InChI is InChI=1S/C22H28N2O4/c1-14-6-7-15(2)24(14)20-10-8-19(9-11-20)22(26)28-18(5)21(25)23-12-16(3)27-17(4)13-23/h6-11,16-18H,12-13H2,1-5H3/t16-,17+,18-/m1/s1. The van der Waals surface area contributed by atoms with Crippen LogP contribution < -0.4 is 0 Å². The lowest BCUT2D eigenvalue weighted by molar-refractivity contribution is -0.151. The Hall–Kier alpha value is -2.60. The highest BCUT2D eigenvalue weighted by atomic mass is 16.5. The van der Waals surface area contributed by atoms with Crippen LogP contribution in [-0.4, -0.2) is 52.7 Å². The van der Waals surface area contributed by atoms with Crippen LogP contribution in [0.1, 0.15) is 42.5 Å². The first-order valence-corrected chi connectivity index (χ1v) is 9.67. The minimum absolute atomic E-state index is 0.0243. The van der Waals surface area contributed by atoms with Crippen LogP contribution in [0.4, 0.5) is 0 Å². The van der Waals surface area contributed by atoms with E-state index in [0.29, 0.717) is 18.7 Å². The third-order valence-electron chi connectivity index (χ3n) is 5.00. The number of carbonyl (C=O) groups excluding carboxylic acids is 2. The van der Waals surface area contributed by atoms with Crippen LogP contribution in [-0.2, 0) is 14.3 Å². The molecule has 0 N–H and O–H groups in total. The summed E-state index contributed by atoms with van der Waals surface area (Å²) in [6.07, 6.45) is -0.883. The average molecular weight is 384 g/mol. The Morgan fingerprint density at radius 2 is 1.54 bits per heavy atom. The van der Waals surface area contributed by atoms with Crippen LogP contribution in [0, 0.1) is 13.8 Å². The lowest BCUT2D eigenvalue weighted by Gasteiger charge is -2.36. The molecule has 0 bridgehead atoms. The lowest BCUT2D eigenvalue weighted by Crippen LogP contribution is -2.51. The number of hydrogen-bond donors (Lipinski definition) is 0. The third kappa shape index (κ3) is 4.28. The van der Waals surface area contributed by atoms with Gasteiger partial charge >= 0.3 is 5.97 Å². The molecule has 1 saturated heterocycles. The van der Waals surface area contributed by atoms with Crippen LogP contribution >= 0.6 is 0 Å². The number of ether oxygens (including phenoxy) is 2. The van der Waals surface area contributed by atoms with Gasteiger partial charge in [0, 0.05) is 30.2 Å². The molecule has 1 aliphatic rings. The van der Waals surface area contributed by atoms with E-state index in [2.05, 4.69) is 16.7 Å². The number of aryl methyl sites for hydroxylation is 2. The van der Waals surface area contributed by atoms with E-state index in [0.717, 1.165) is 17.1 Å². The van der Waals surface area contributed by atoms with Gasteiger partial charge in [0.25, 0.3) is 5.91 Å². The van der Waals surface area contributed by atoms with Crippen molar-refractivity contribution in [2.75, 3.05) is 13.1 Å². The average Bonchev–Trinajstić information content (AvgIpc) is 2.98. The summed E-state index contributed by atoms with van der Waals surface area (Å²) in [5.74, 6) is -0.687. The Kier molecular flexibility index (Phi) is 5.89. The molecule has 3 rings (SSSR count). The molecule has 28 heavy (non-hydrogen) atoms. The topological polar surface area (TPSA) is 60.8 Å². The largest absolute Gasteiger partial charge is 0.449 e. The number of amides is 1. The second kappa shape index (κ2) is 8.19. The smallest absolute Gasteiger partial charge is 0.338 e. The van der Waals surface area contributed by atoms with Crippen molar-refractivity contribution < 1.29 is 19.1 Å². The van der Waals surface area contributed by atoms with Crippen LogP contribution in [0.2, 0.25) is 0 Å². The van der Waals surface area contributed by atoms with Gasteiger partial charge in [0.2, 0.25) is 0 Å². The van der Waals surface area contributed by atoms with Gasteiger partial charge in [0.05, 0.1) is 17.8 Å².